The van der Waals surface area contributed by atoms with E-state index in [-0.39, 0.29) is 24.9 Å². The van der Waals surface area contributed by atoms with Crippen LogP contribution in [0.3, 0.4) is 0 Å². The number of benzene rings is 1. The summed E-state index contributed by atoms with van der Waals surface area (Å²) in [7, 11) is 1.32. The molecule has 8 nitrogen and oxygen atoms in total. The van der Waals surface area contributed by atoms with Gasteiger partial charge in [0, 0.05) is 18.9 Å². The van der Waals surface area contributed by atoms with Crippen LogP contribution in [0.4, 0.5) is 0 Å². The second kappa shape index (κ2) is 8.87. The minimum absolute atomic E-state index is 0.0260. The Hall–Kier alpha value is -2.87. The summed E-state index contributed by atoms with van der Waals surface area (Å²) >= 11 is 6.28. The molecule has 160 valence electrons. The van der Waals surface area contributed by atoms with E-state index < -0.39 is 11.6 Å². The van der Waals surface area contributed by atoms with Crippen LogP contribution >= 0.6 is 11.6 Å². The molecule has 0 aliphatic carbocycles. The van der Waals surface area contributed by atoms with Crippen molar-refractivity contribution in [1.82, 2.24) is 15.1 Å². The molecule has 2 aromatic rings. The molecule has 0 saturated carbocycles. The number of nitrogens with zero attached hydrogens (tertiary/aromatic N) is 3. The van der Waals surface area contributed by atoms with E-state index in [0.29, 0.717) is 28.5 Å². The molecule has 0 saturated heterocycles. The maximum Gasteiger partial charge on any atom is 0.353 e. The number of oxime groups is 1. The molecule has 3 rings (SSSR count). The van der Waals surface area contributed by atoms with Gasteiger partial charge in [-0.1, -0.05) is 47.1 Å². The quantitative estimate of drug-likeness (QED) is 0.678. The molecule has 0 fully saturated rings. The maximum atomic E-state index is 12.8. The molecule has 9 heteroatoms. The normalized spacial score (nSPS) is 18.1. The summed E-state index contributed by atoms with van der Waals surface area (Å²) in [6.45, 7) is 5.71. The van der Waals surface area contributed by atoms with Crippen LogP contribution in [0.5, 0.6) is 0 Å². The van der Waals surface area contributed by atoms with Crippen molar-refractivity contribution in [2.75, 3.05) is 13.7 Å². The van der Waals surface area contributed by atoms with Crippen LogP contribution in [-0.4, -0.2) is 46.6 Å². The van der Waals surface area contributed by atoms with Crippen molar-refractivity contribution in [2.24, 2.45) is 5.16 Å². The van der Waals surface area contributed by atoms with Gasteiger partial charge in [0.15, 0.2) is 0 Å². The number of carbonyl (C=O) groups is 2. The van der Waals surface area contributed by atoms with Crippen LogP contribution in [-0.2, 0) is 20.8 Å². The van der Waals surface area contributed by atoms with Gasteiger partial charge in [-0.25, -0.2) is 4.79 Å². The summed E-state index contributed by atoms with van der Waals surface area (Å²) in [4.78, 5) is 30.8. The van der Waals surface area contributed by atoms with Gasteiger partial charge in [0.05, 0.1) is 30.1 Å². The van der Waals surface area contributed by atoms with Crippen LogP contribution in [0.1, 0.15) is 48.1 Å². The summed E-state index contributed by atoms with van der Waals surface area (Å²) in [5.74, 6) is -0.872. The molecule has 0 bridgehead atoms. The number of esters is 1. The lowest BCUT2D eigenvalue weighted by atomic mass is 9.89. The fourth-order valence-corrected chi connectivity index (χ4v) is 3.61. The molecular formula is C21H25ClN4O4. The summed E-state index contributed by atoms with van der Waals surface area (Å²) in [5.41, 5.74) is 1.10. The van der Waals surface area contributed by atoms with E-state index in [1.165, 1.54) is 7.11 Å². The van der Waals surface area contributed by atoms with E-state index in [2.05, 4.69) is 15.6 Å². The number of carbonyl (C=O) groups excluding carboxylic acids is 2. The third-order valence-electron chi connectivity index (χ3n) is 4.90. The number of nitrogens with one attached hydrogen (secondary N) is 1. The van der Waals surface area contributed by atoms with Crippen LogP contribution in [0, 0.1) is 6.92 Å². The van der Waals surface area contributed by atoms with Gasteiger partial charge < -0.3 is 14.9 Å². The van der Waals surface area contributed by atoms with E-state index >= 15 is 0 Å². The zero-order valence-electron chi connectivity index (χ0n) is 17.4. The molecule has 2 heterocycles. The number of aryl methyl sites for hydroxylation is 1. The highest BCUT2D eigenvalue weighted by atomic mass is 35.5. The summed E-state index contributed by atoms with van der Waals surface area (Å²) in [6, 6.07) is 9.47. The minimum Gasteiger partial charge on any atom is -0.466 e. The Morgan fingerprint density at radius 2 is 2.03 bits per heavy atom. The van der Waals surface area contributed by atoms with Crippen LogP contribution in [0.15, 0.2) is 35.5 Å². The van der Waals surface area contributed by atoms with Crippen molar-refractivity contribution >= 4 is 29.2 Å². The number of ether oxygens (including phenoxy) is 1. The molecule has 0 radical (unpaired) electrons. The predicted octanol–water partition coefficient (Wildman–Crippen LogP) is 3.09. The summed E-state index contributed by atoms with van der Waals surface area (Å²) in [6.07, 6.45) is 0.525. The minimum atomic E-state index is -1.25. The number of halogens is 1. The molecule has 1 aromatic carbocycles. The van der Waals surface area contributed by atoms with Crippen molar-refractivity contribution in [3.63, 3.8) is 0 Å². The van der Waals surface area contributed by atoms with Gasteiger partial charge in [0.1, 0.15) is 5.69 Å². The second-order valence-electron chi connectivity index (χ2n) is 7.54. The Labute approximate surface area is 180 Å². The van der Waals surface area contributed by atoms with Gasteiger partial charge in [-0.3, -0.25) is 9.48 Å². The topological polar surface area (TPSA) is 94.8 Å². The second-order valence-corrected chi connectivity index (χ2v) is 7.92. The van der Waals surface area contributed by atoms with Crippen LogP contribution < -0.4 is 5.32 Å². The van der Waals surface area contributed by atoms with Crippen LogP contribution in [0.25, 0.3) is 0 Å². The van der Waals surface area contributed by atoms with E-state index in [9.17, 15) is 9.59 Å². The van der Waals surface area contributed by atoms with Crippen molar-refractivity contribution in [3.05, 3.63) is 52.3 Å². The SMILES string of the molecule is COC(=O)C1(Cc2ccccc2)CC(CNC(=O)c2c(Cl)c(C)nn2C(C)C)=NO1. The Morgan fingerprint density at radius 1 is 1.33 bits per heavy atom. The standard InChI is InChI=1S/C21H25ClN4O4/c1-13(2)26-18(17(22)14(3)24-26)19(27)23-12-16-11-21(30-25-16,20(28)29-4)10-15-8-6-5-7-9-15/h5-9,13H,10-12H2,1-4H3,(H,23,27). The lowest BCUT2D eigenvalue weighted by Gasteiger charge is -2.23. The molecule has 1 aliphatic heterocycles. The molecule has 1 atom stereocenters. The van der Waals surface area contributed by atoms with Crippen molar-refractivity contribution in [1.29, 1.82) is 0 Å². The third kappa shape index (κ3) is 4.33. The fourth-order valence-electron chi connectivity index (χ4n) is 3.40. The molecular weight excluding hydrogens is 408 g/mol. The van der Waals surface area contributed by atoms with Gasteiger partial charge in [0.25, 0.3) is 5.91 Å². The van der Waals surface area contributed by atoms with Crippen LogP contribution in [0.2, 0.25) is 5.02 Å². The molecule has 1 amide bonds. The number of hydrogen-bond acceptors (Lipinski definition) is 6. The summed E-state index contributed by atoms with van der Waals surface area (Å²) < 4.78 is 6.55. The first-order chi connectivity index (χ1) is 14.3. The Bertz CT molecular complexity index is 971. The van der Waals surface area contributed by atoms with E-state index in [4.69, 9.17) is 21.2 Å². The number of hydrogen-bond donors (Lipinski definition) is 1. The largest absolute Gasteiger partial charge is 0.466 e. The van der Waals surface area contributed by atoms with Gasteiger partial charge in [-0.05, 0) is 26.3 Å². The highest BCUT2D eigenvalue weighted by molar-refractivity contribution is 6.34. The average molecular weight is 433 g/mol. The maximum absolute atomic E-state index is 12.8. The van der Waals surface area contributed by atoms with E-state index in [1.807, 2.05) is 44.2 Å². The van der Waals surface area contributed by atoms with E-state index in [0.717, 1.165) is 5.56 Å². The molecule has 0 spiro atoms. The predicted molar refractivity (Wildman–Crippen MR) is 113 cm³/mol. The monoisotopic (exact) mass is 432 g/mol. The average Bonchev–Trinajstić information content (AvgIpc) is 3.28. The van der Waals surface area contributed by atoms with Gasteiger partial charge in [0.2, 0.25) is 5.60 Å². The number of amides is 1. The Balaban J connectivity index is 1.70. The first-order valence-electron chi connectivity index (χ1n) is 9.66. The molecule has 1 aromatic heterocycles. The van der Waals surface area contributed by atoms with Crippen molar-refractivity contribution < 1.29 is 19.2 Å². The number of methoxy groups -OCH3 is 1. The molecule has 1 N–H and O–H groups in total. The molecule has 1 aliphatic rings. The first kappa shape index (κ1) is 21.8. The summed E-state index contributed by atoms with van der Waals surface area (Å²) in [5, 5.41) is 11.5. The van der Waals surface area contributed by atoms with Gasteiger partial charge in [-0.2, -0.15) is 5.10 Å². The lowest BCUT2D eigenvalue weighted by Crippen LogP contribution is -2.43. The molecule has 30 heavy (non-hydrogen) atoms. The molecule has 1 unspecified atom stereocenters. The van der Waals surface area contributed by atoms with Gasteiger partial charge in [-0.15, -0.1) is 0 Å². The van der Waals surface area contributed by atoms with E-state index in [1.54, 1.807) is 11.6 Å². The lowest BCUT2D eigenvalue weighted by molar-refractivity contribution is -0.166. The number of rotatable bonds is 7. The fraction of sp³-hybridized carbons (Fsp3) is 0.429. The Morgan fingerprint density at radius 3 is 2.67 bits per heavy atom. The highest BCUT2D eigenvalue weighted by Gasteiger charge is 2.47. The van der Waals surface area contributed by atoms with Crippen molar-refractivity contribution in [3.8, 4) is 0 Å². The first-order valence-corrected chi connectivity index (χ1v) is 10.0. The van der Waals surface area contributed by atoms with Crippen molar-refractivity contribution in [2.45, 2.75) is 45.3 Å². The third-order valence-corrected chi connectivity index (χ3v) is 5.35. The highest BCUT2D eigenvalue weighted by Crippen LogP contribution is 2.30. The Kier molecular flexibility index (Phi) is 6.45. The number of aromatic nitrogens is 2. The zero-order valence-corrected chi connectivity index (χ0v) is 18.2. The zero-order chi connectivity index (χ0) is 21.9. The smallest absolute Gasteiger partial charge is 0.353 e. The van der Waals surface area contributed by atoms with Gasteiger partial charge >= 0.3 is 5.97 Å².